The maximum Gasteiger partial charge on any atom is 0.100 e. The molecule has 1 aliphatic carbocycles. The Labute approximate surface area is 115 Å². The third-order valence-corrected chi connectivity index (χ3v) is 3.41. The zero-order valence-electron chi connectivity index (χ0n) is 11.4. The SMILES string of the molecule is CCCCOCCOC1CC(Cl)C1OCCOC. The van der Waals surface area contributed by atoms with E-state index in [1.54, 1.807) is 7.11 Å². The van der Waals surface area contributed by atoms with Gasteiger partial charge in [-0.05, 0) is 12.8 Å². The summed E-state index contributed by atoms with van der Waals surface area (Å²) in [6.45, 7) is 5.38. The first-order valence-electron chi connectivity index (χ1n) is 6.73. The summed E-state index contributed by atoms with van der Waals surface area (Å²) in [5.41, 5.74) is 0. The summed E-state index contributed by atoms with van der Waals surface area (Å²) in [4.78, 5) is 0. The van der Waals surface area contributed by atoms with Crippen molar-refractivity contribution in [2.45, 2.75) is 43.8 Å². The van der Waals surface area contributed by atoms with Crippen LogP contribution in [0.5, 0.6) is 0 Å². The average Bonchev–Trinajstić information content (AvgIpc) is 2.37. The van der Waals surface area contributed by atoms with Crippen LogP contribution in [0.4, 0.5) is 0 Å². The first-order chi connectivity index (χ1) is 8.79. The third-order valence-electron chi connectivity index (χ3n) is 2.98. The Hall–Kier alpha value is 0.130. The molecule has 0 spiro atoms. The fourth-order valence-corrected chi connectivity index (χ4v) is 2.19. The predicted octanol–water partition coefficient (Wildman–Crippen LogP) is 2.23. The maximum absolute atomic E-state index is 6.09. The number of hydrogen-bond donors (Lipinski definition) is 0. The highest BCUT2D eigenvalue weighted by atomic mass is 35.5. The van der Waals surface area contributed by atoms with Gasteiger partial charge in [-0.1, -0.05) is 13.3 Å². The maximum atomic E-state index is 6.09. The van der Waals surface area contributed by atoms with E-state index in [2.05, 4.69) is 6.92 Å². The van der Waals surface area contributed by atoms with Crippen LogP contribution in [-0.2, 0) is 18.9 Å². The molecule has 1 rings (SSSR count). The second-order valence-electron chi connectivity index (χ2n) is 4.46. The van der Waals surface area contributed by atoms with Crippen LogP contribution in [0.3, 0.4) is 0 Å². The molecule has 0 radical (unpaired) electrons. The molecule has 0 aromatic rings. The third kappa shape index (κ3) is 5.85. The fraction of sp³-hybridized carbons (Fsp3) is 1.00. The molecule has 0 aliphatic heterocycles. The Morgan fingerprint density at radius 1 is 1.06 bits per heavy atom. The molecule has 1 saturated carbocycles. The van der Waals surface area contributed by atoms with E-state index in [0.717, 1.165) is 25.9 Å². The topological polar surface area (TPSA) is 36.9 Å². The van der Waals surface area contributed by atoms with E-state index in [0.29, 0.717) is 26.4 Å². The van der Waals surface area contributed by atoms with Gasteiger partial charge in [0, 0.05) is 13.7 Å². The normalized spacial score (nSPS) is 27.2. The molecular weight excluding hydrogens is 256 g/mol. The minimum atomic E-state index is -0.00235. The second kappa shape index (κ2) is 9.98. The summed E-state index contributed by atoms with van der Waals surface area (Å²) in [7, 11) is 1.66. The number of halogens is 1. The monoisotopic (exact) mass is 280 g/mol. The minimum absolute atomic E-state index is 0.00235. The van der Waals surface area contributed by atoms with Crippen LogP contribution in [0.25, 0.3) is 0 Å². The van der Waals surface area contributed by atoms with E-state index in [-0.39, 0.29) is 17.6 Å². The quantitative estimate of drug-likeness (QED) is 0.430. The Morgan fingerprint density at radius 2 is 1.83 bits per heavy atom. The van der Waals surface area contributed by atoms with E-state index in [4.69, 9.17) is 30.5 Å². The molecule has 4 nitrogen and oxygen atoms in total. The van der Waals surface area contributed by atoms with Gasteiger partial charge in [-0.3, -0.25) is 0 Å². The number of hydrogen-bond acceptors (Lipinski definition) is 4. The van der Waals surface area contributed by atoms with Gasteiger partial charge >= 0.3 is 0 Å². The zero-order valence-corrected chi connectivity index (χ0v) is 12.2. The molecule has 0 aromatic carbocycles. The molecule has 0 amide bonds. The van der Waals surface area contributed by atoms with Crippen molar-refractivity contribution in [2.75, 3.05) is 40.1 Å². The van der Waals surface area contributed by atoms with Crippen molar-refractivity contribution in [1.82, 2.24) is 0 Å². The van der Waals surface area contributed by atoms with Crippen LogP contribution in [-0.4, -0.2) is 57.7 Å². The zero-order chi connectivity index (χ0) is 13.2. The van der Waals surface area contributed by atoms with Crippen molar-refractivity contribution in [3.05, 3.63) is 0 Å². The van der Waals surface area contributed by atoms with Gasteiger partial charge in [0.15, 0.2) is 0 Å². The summed E-state index contributed by atoms with van der Waals surface area (Å²) in [5, 5.41) is 0.0628. The summed E-state index contributed by atoms with van der Waals surface area (Å²) in [6, 6.07) is 0. The number of ether oxygens (including phenoxy) is 4. The van der Waals surface area contributed by atoms with Crippen molar-refractivity contribution in [1.29, 1.82) is 0 Å². The van der Waals surface area contributed by atoms with Crippen LogP contribution in [0.15, 0.2) is 0 Å². The number of methoxy groups -OCH3 is 1. The molecule has 0 N–H and O–H groups in total. The van der Waals surface area contributed by atoms with Gasteiger partial charge in [-0.25, -0.2) is 0 Å². The van der Waals surface area contributed by atoms with Gasteiger partial charge < -0.3 is 18.9 Å². The Bertz CT molecular complexity index is 203. The number of unbranched alkanes of at least 4 members (excludes halogenated alkanes) is 1. The highest BCUT2D eigenvalue weighted by Crippen LogP contribution is 2.31. The molecule has 18 heavy (non-hydrogen) atoms. The lowest BCUT2D eigenvalue weighted by Crippen LogP contribution is -2.51. The Morgan fingerprint density at radius 3 is 2.50 bits per heavy atom. The van der Waals surface area contributed by atoms with Crippen LogP contribution in [0, 0.1) is 0 Å². The van der Waals surface area contributed by atoms with E-state index in [9.17, 15) is 0 Å². The van der Waals surface area contributed by atoms with Crippen LogP contribution >= 0.6 is 11.6 Å². The van der Waals surface area contributed by atoms with Crippen LogP contribution < -0.4 is 0 Å². The van der Waals surface area contributed by atoms with E-state index in [1.165, 1.54) is 0 Å². The molecule has 5 heteroatoms. The summed E-state index contributed by atoms with van der Waals surface area (Å²) in [5.74, 6) is 0. The molecule has 3 atom stereocenters. The van der Waals surface area contributed by atoms with Gasteiger partial charge in [-0.2, -0.15) is 0 Å². The fourth-order valence-electron chi connectivity index (χ4n) is 1.78. The highest BCUT2D eigenvalue weighted by molar-refractivity contribution is 6.21. The molecule has 0 aromatic heterocycles. The van der Waals surface area contributed by atoms with Crippen LogP contribution in [0.1, 0.15) is 26.2 Å². The number of alkyl halides is 1. The van der Waals surface area contributed by atoms with Crippen molar-refractivity contribution < 1.29 is 18.9 Å². The standard InChI is InChI=1S/C13H25ClO4/c1-3-4-5-16-7-9-17-12-10-11(14)13(12)18-8-6-15-2/h11-13H,3-10H2,1-2H3. The summed E-state index contributed by atoms with van der Waals surface area (Å²) in [6.07, 6.45) is 3.23. The van der Waals surface area contributed by atoms with Crippen molar-refractivity contribution in [3.8, 4) is 0 Å². The van der Waals surface area contributed by atoms with Crippen molar-refractivity contribution in [2.24, 2.45) is 0 Å². The molecule has 3 unspecified atom stereocenters. The molecule has 0 bridgehead atoms. The van der Waals surface area contributed by atoms with E-state index < -0.39 is 0 Å². The van der Waals surface area contributed by atoms with Gasteiger partial charge in [0.1, 0.15) is 6.10 Å². The van der Waals surface area contributed by atoms with Gasteiger partial charge in [0.25, 0.3) is 0 Å². The minimum Gasteiger partial charge on any atom is -0.382 e. The first kappa shape index (κ1) is 16.2. The molecule has 0 saturated heterocycles. The average molecular weight is 281 g/mol. The van der Waals surface area contributed by atoms with E-state index in [1.807, 2.05) is 0 Å². The lowest BCUT2D eigenvalue weighted by molar-refractivity contribution is -0.136. The molecule has 1 fully saturated rings. The highest BCUT2D eigenvalue weighted by Gasteiger charge is 2.41. The van der Waals surface area contributed by atoms with Gasteiger partial charge in [0.2, 0.25) is 0 Å². The molecule has 0 heterocycles. The molecule has 108 valence electrons. The van der Waals surface area contributed by atoms with E-state index >= 15 is 0 Å². The second-order valence-corrected chi connectivity index (χ2v) is 5.02. The van der Waals surface area contributed by atoms with Gasteiger partial charge in [-0.15, -0.1) is 11.6 Å². The van der Waals surface area contributed by atoms with Crippen LogP contribution in [0.2, 0.25) is 0 Å². The number of rotatable bonds is 11. The lowest BCUT2D eigenvalue weighted by Gasteiger charge is -2.40. The molecule has 1 aliphatic rings. The summed E-state index contributed by atoms with van der Waals surface area (Å²) < 4.78 is 21.7. The first-order valence-corrected chi connectivity index (χ1v) is 7.17. The van der Waals surface area contributed by atoms with Crippen molar-refractivity contribution in [3.63, 3.8) is 0 Å². The van der Waals surface area contributed by atoms with Gasteiger partial charge in [0.05, 0.1) is 37.9 Å². The van der Waals surface area contributed by atoms with Crippen molar-refractivity contribution >= 4 is 11.6 Å². The molecular formula is C13H25ClO4. The predicted molar refractivity (Wildman–Crippen MR) is 71.3 cm³/mol. The Balaban J connectivity index is 2.00. The largest absolute Gasteiger partial charge is 0.382 e. The Kier molecular flexibility index (Phi) is 8.98. The smallest absolute Gasteiger partial charge is 0.100 e. The summed E-state index contributed by atoms with van der Waals surface area (Å²) >= 11 is 6.09. The lowest BCUT2D eigenvalue weighted by atomic mass is 9.91.